The molecule has 0 spiro atoms. The average molecular weight is 502 g/mol. The second-order valence-electron chi connectivity index (χ2n) is 8.56. The zero-order valence-electron chi connectivity index (χ0n) is 18.3. The van der Waals surface area contributed by atoms with Crippen LogP contribution in [0.1, 0.15) is 24.9 Å². The number of nitrogens with one attached hydrogen (secondary N) is 1. The molecule has 2 aliphatic heterocycles. The molecule has 0 unspecified atom stereocenters. The summed E-state index contributed by atoms with van der Waals surface area (Å²) in [7, 11) is 0. The predicted octanol–water partition coefficient (Wildman–Crippen LogP) is 3.89. The van der Waals surface area contributed by atoms with Gasteiger partial charge in [-0.25, -0.2) is 14.1 Å². The van der Waals surface area contributed by atoms with Gasteiger partial charge in [-0.1, -0.05) is 11.6 Å². The van der Waals surface area contributed by atoms with E-state index < -0.39 is 24.0 Å². The number of anilines is 2. The largest absolute Gasteiger partial charge is 0.418 e. The normalized spacial score (nSPS) is 22.3. The van der Waals surface area contributed by atoms with Gasteiger partial charge in [0.2, 0.25) is 0 Å². The third-order valence-corrected chi connectivity index (χ3v) is 6.78. The number of piperidine rings is 1. The van der Waals surface area contributed by atoms with Gasteiger partial charge in [-0.3, -0.25) is 9.47 Å². The molecule has 2 saturated heterocycles. The number of hydrogen-bond donors (Lipinski definition) is 2. The molecular formula is C21H24ClF4N7O. The maximum Gasteiger partial charge on any atom is 0.418 e. The van der Waals surface area contributed by atoms with Crippen LogP contribution in [0.4, 0.5) is 29.1 Å². The first kappa shape index (κ1) is 23.2. The predicted molar refractivity (Wildman–Crippen MR) is 120 cm³/mol. The first-order valence-electron chi connectivity index (χ1n) is 11.0. The van der Waals surface area contributed by atoms with Gasteiger partial charge >= 0.3 is 6.18 Å². The Morgan fingerprint density at radius 2 is 2.09 bits per heavy atom. The Bertz CT molecular complexity index is 1210. The number of fused-ring (bicyclic) bond motifs is 1. The zero-order chi connectivity index (χ0) is 24.2. The molecule has 34 heavy (non-hydrogen) atoms. The lowest BCUT2D eigenvalue weighted by molar-refractivity contribution is -0.136. The van der Waals surface area contributed by atoms with Crippen molar-refractivity contribution < 1.29 is 22.3 Å². The molecule has 2 aliphatic rings. The minimum absolute atomic E-state index is 0.0127. The van der Waals surface area contributed by atoms with Crippen LogP contribution in [-0.2, 0) is 10.9 Å². The van der Waals surface area contributed by atoms with Crippen molar-refractivity contribution in [1.29, 1.82) is 0 Å². The Morgan fingerprint density at radius 3 is 2.71 bits per heavy atom. The number of rotatable bonds is 5. The number of nitrogen functional groups attached to an aromatic ring is 1. The van der Waals surface area contributed by atoms with E-state index in [9.17, 15) is 13.2 Å². The summed E-state index contributed by atoms with van der Waals surface area (Å²) in [6, 6.07) is 0.959. The summed E-state index contributed by atoms with van der Waals surface area (Å²) in [6.07, 6.45) is -3.15. The highest BCUT2D eigenvalue weighted by Crippen LogP contribution is 2.42. The van der Waals surface area contributed by atoms with E-state index in [1.807, 2.05) is 4.90 Å². The molecule has 13 heteroatoms. The number of likely N-dealkylation sites (tertiary alicyclic amines) is 1. The van der Waals surface area contributed by atoms with E-state index in [-0.39, 0.29) is 46.0 Å². The van der Waals surface area contributed by atoms with Crippen LogP contribution >= 0.6 is 11.6 Å². The Labute approximate surface area is 197 Å². The highest BCUT2D eigenvalue weighted by Gasteiger charge is 2.39. The molecular weight excluding hydrogens is 478 g/mol. The lowest BCUT2D eigenvalue weighted by Gasteiger charge is -2.42. The van der Waals surface area contributed by atoms with Crippen molar-refractivity contribution in [2.45, 2.75) is 37.8 Å². The Hall–Kier alpha value is -2.57. The van der Waals surface area contributed by atoms with Gasteiger partial charge in [0, 0.05) is 37.6 Å². The lowest BCUT2D eigenvalue weighted by Crippen LogP contribution is -2.55. The van der Waals surface area contributed by atoms with E-state index in [1.165, 1.54) is 21.5 Å². The smallest absolute Gasteiger partial charge is 0.385 e. The molecule has 184 valence electrons. The monoisotopic (exact) mass is 501 g/mol. The van der Waals surface area contributed by atoms with Crippen molar-refractivity contribution in [3.63, 3.8) is 0 Å². The summed E-state index contributed by atoms with van der Waals surface area (Å²) in [5.41, 5.74) is 5.39. The Balaban J connectivity index is 1.55. The van der Waals surface area contributed by atoms with E-state index in [0.29, 0.717) is 32.7 Å². The van der Waals surface area contributed by atoms with Crippen molar-refractivity contribution in [2.75, 3.05) is 43.9 Å². The summed E-state index contributed by atoms with van der Waals surface area (Å²) < 4.78 is 64.7. The highest BCUT2D eigenvalue weighted by molar-refractivity contribution is 6.31. The van der Waals surface area contributed by atoms with Crippen LogP contribution in [0.2, 0.25) is 5.15 Å². The number of ether oxygens (including phenoxy) is 1. The van der Waals surface area contributed by atoms with Crippen molar-refractivity contribution in [3.8, 4) is 5.69 Å². The van der Waals surface area contributed by atoms with Crippen LogP contribution in [0.5, 0.6) is 0 Å². The SMILES string of the molecule is CCNc1cc(N)nc2c1c(C(F)(F)F)cn2-c1cnn([C@H]2CCN(C3COC3)C[C@@H]2F)c1Cl. The quantitative estimate of drug-likeness (QED) is 0.516. The minimum Gasteiger partial charge on any atom is -0.385 e. The van der Waals surface area contributed by atoms with Gasteiger partial charge in [0.15, 0.2) is 5.15 Å². The first-order valence-corrected chi connectivity index (χ1v) is 11.4. The van der Waals surface area contributed by atoms with E-state index in [0.717, 1.165) is 6.20 Å². The first-order chi connectivity index (χ1) is 16.2. The van der Waals surface area contributed by atoms with Gasteiger partial charge in [0.25, 0.3) is 0 Å². The van der Waals surface area contributed by atoms with E-state index in [4.69, 9.17) is 22.1 Å². The third kappa shape index (κ3) is 3.87. The fourth-order valence-electron chi connectivity index (χ4n) is 4.66. The van der Waals surface area contributed by atoms with Gasteiger partial charge in [-0.05, 0) is 13.3 Å². The molecule has 0 aliphatic carbocycles. The van der Waals surface area contributed by atoms with Crippen LogP contribution in [0, 0.1) is 0 Å². The van der Waals surface area contributed by atoms with Crippen LogP contribution in [0.3, 0.4) is 0 Å². The Kier molecular flexibility index (Phi) is 5.85. The Morgan fingerprint density at radius 1 is 1.32 bits per heavy atom. The molecule has 0 bridgehead atoms. The summed E-state index contributed by atoms with van der Waals surface area (Å²) in [4.78, 5) is 6.21. The maximum absolute atomic E-state index is 15.1. The molecule has 0 aromatic carbocycles. The number of hydrogen-bond acceptors (Lipinski definition) is 6. The van der Waals surface area contributed by atoms with E-state index in [2.05, 4.69) is 15.4 Å². The molecule has 3 aromatic heterocycles. The van der Waals surface area contributed by atoms with Crippen molar-refractivity contribution in [1.82, 2.24) is 24.2 Å². The number of nitrogens with zero attached hydrogens (tertiary/aromatic N) is 5. The third-order valence-electron chi connectivity index (χ3n) is 6.41. The summed E-state index contributed by atoms with van der Waals surface area (Å²) in [5, 5.41) is 7.09. The summed E-state index contributed by atoms with van der Waals surface area (Å²) in [6.45, 7) is 4.22. The molecule has 2 fully saturated rings. The van der Waals surface area contributed by atoms with Crippen LogP contribution in [-0.4, -0.2) is 69.3 Å². The zero-order valence-corrected chi connectivity index (χ0v) is 19.1. The van der Waals surface area contributed by atoms with Crippen molar-refractivity contribution >= 4 is 34.1 Å². The summed E-state index contributed by atoms with van der Waals surface area (Å²) in [5.74, 6) is 0.0520. The minimum atomic E-state index is -4.64. The second kappa shape index (κ2) is 8.58. The van der Waals surface area contributed by atoms with E-state index >= 15 is 4.39 Å². The molecule has 0 radical (unpaired) electrons. The van der Waals surface area contributed by atoms with Gasteiger partial charge in [0.05, 0.1) is 42.4 Å². The highest BCUT2D eigenvalue weighted by atomic mass is 35.5. The lowest BCUT2D eigenvalue weighted by atomic mass is 10.0. The molecule has 5 rings (SSSR count). The van der Waals surface area contributed by atoms with Gasteiger partial charge in [-0.15, -0.1) is 0 Å². The van der Waals surface area contributed by atoms with E-state index in [1.54, 1.807) is 6.92 Å². The van der Waals surface area contributed by atoms with Crippen LogP contribution < -0.4 is 11.1 Å². The number of halogens is 5. The fourth-order valence-corrected chi connectivity index (χ4v) is 4.97. The van der Waals surface area contributed by atoms with Gasteiger partial charge in [-0.2, -0.15) is 18.3 Å². The van der Waals surface area contributed by atoms with Crippen LogP contribution in [0.25, 0.3) is 16.7 Å². The number of nitrogens with two attached hydrogens (primary N) is 1. The van der Waals surface area contributed by atoms with Gasteiger partial charge in [0.1, 0.15) is 23.3 Å². The number of alkyl halides is 4. The second-order valence-corrected chi connectivity index (χ2v) is 8.92. The van der Waals surface area contributed by atoms with Crippen molar-refractivity contribution in [2.24, 2.45) is 0 Å². The molecule has 0 amide bonds. The van der Waals surface area contributed by atoms with Gasteiger partial charge < -0.3 is 15.8 Å². The number of pyridine rings is 1. The topological polar surface area (TPSA) is 86.2 Å². The molecule has 2 atom stereocenters. The van der Waals surface area contributed by atoms with Crippen LogP contribution in [0.15, 0.2) is 18.5 Å². The number of aromatic nitrogens is 4. The molecule has 3 N–H and O–H groups in total. The standard InChI is InChI=1S/C21H24ClF4N7O/c1-2-28-14-5-17(27)30-20-18(14)12(21(24,25)26)7-32(20)16-6-29-33(19(16)22)15-3-4-31(8-13(15)23)11-9-34-10-11/h5-7,11,13,15H,2-4,8-10H2,1H3,(H3,27,28,30)/t13-,15-/m0/s1. The maximum atomic E-state index is 15.1. The molecule has 3 aromatic rings. The van der Waals surface area contributed by atoms with Crippen molar-refractivity contribution in [3.05, 3.63) is 29.2 Å². The molecule has 0 saturated carbocycles. The average Bonchev–Trinajstić information content (AvgIpc) is 3.28. The summed E-state index contributed by atoms with van der Waals surface area (Å²) >= 11 is 6.58. The fraction of sp³-hybridized carbons (Fsp3) is 0.524. The molecule has 5 heterocycles. The molecule has 8 nitrogen and oxygen atoms in total.